The van der Waals surface area contributed by atoms with Gasteiger partial charge in [-0.3, -0.25) is 4.79 Å². The van der Waals surface area contributed by atoms with Crippen molar-refractivity contribution in [3.05, 3.63) is 54.1 Å². The van der Waals surface area contributed by atoms with E-state index in [-0.39, 0.29) is 12.5 Å². The molecule has 2 aromatic rings. The number of carboxylic acid groups (broad SMARTS) is 1. The zero-order chi connectivity index (χ0) is 15.2. The van der Waals surface area contributed by atoms with Gasteiger partial charge in [0.15, 0.2) is 0 Å². The number of hydrogen-bond donors (Lipinski definition) is 1. The minimum absolute atomic E-state index is 0.0304. The van der Waals surface area contributed by atoms with Gasteiger partial charge in [-0.15, -0.1) is 0 Å². The summed E-state index contributed by atoms with van der Waals surface area (Å²) in [6.45, 7) is 1.72. The Kier molecular flexibility index (Phi) is 4.57. The van der Waals surface area contributed by atoms with E-state index < -0.39 is 5.97 Å². The zero-order valence-electron chi connectivity index (χ0n) is 11.6. The molecule has 4 nitrogen and oxygen atoms in total. The molecule has 21 heavy (non-hydrogen) atoms. The van der Waals surface area contributed by atoms with Crippen molar-refractivity contribution < 1.29 is 14.6 Å². The fraction of sp³-hybridized carbons (Fsp3) is 0.176. The highest BCUT2D eigenvalue weighted by atomic mass is 16.5. The van der Waals surface area contributed by atoms with E-state index in [2.05, 4.69) is 6.07 Å². The molecule has 0 saturated heterocycles. The first-order valence-corrected chi connectivity index (χ1v) is 6.57. The predicted octanol–water partition coefficient (Wildman–Crippen LogP) is 3.47. The van der Waals surface area contributed by atoms with Crippen LogP contribution in [0.4, 0.5) is 0 Å². The van der Waals surface area contributed by atoms with Crippen LogP contribution in [0.5, 0.6) is 5.75 Å². The van der Waals surface area contributed by atoms with E-state index in [1.807, 2.05) is 36.4 Å². The topological polar surface area (TPSA) is 70.3 Å². The molecule has 0 spiro atoms. The molecular weight excluding hydrogens is 266 g/mol. The molecule has 2 aromatic carbocycles. The van der Waals surface area contributed by atoms with Crippen molar-refractivity contribution in [3.8, 4) is 22.9 Å². The Morgan fingerprint density at radius 2 is 1.67 bits per heavy atom. The second-order valence-corrected chi connectivity index (χ2v) is 4.74. The first-order chi connectivity index (χ1) is 10.1. The van der Waals surface area contributed by atoms with Crippen LogP contribution in [0.3, 0.4) is 0 Å². The minimum Gasteiger partial charge on any atom is -0.490 e. The molecule has 2 rings (SSSR count). The fourth-order valence-corrected chi connectivity index (χ4v) is 1.98. The van der Waals surface area contributed by atoms with Crippen molar-refractivity contribution in [1.29, 1.82) is 5.26 Å². The van der Waals surface area contributed by atoms with Crippen LogP contribution >= 0.6 is 0 Å². The minimum atomic E-state index is -0.878. The predicted molar refractivity (Wildman–Crippen MR) is 78.9 cm³/mol. The van der Waals surface area contributed by atoms with Gasteiger partial charge in [-0.2, -0.15) is 5.26 Å². The Hall–Kier alpha value is -2.80. The standard InChI is InChI=1S/C17H15NO3/c1-12(10-17(19)20)21-16-8-6-15(7-9-16)14-4-2-13(11-18)3-5-14/h2-9,12H,10H2,1H3,(H,19,20)/t12-/m1/s1. The lowest BCUT2D eigenvalue weighted by molar-refractivity contribution is -0.138. The average Bonchev–Trinajstić information content (AvgIpc) is 2.47. The molecule has 1 N–H and O–H groups in total. The van der Waals surface area contributed by atoms with Crippen molar-refractivity contribution in [1.82, 2.24) is 0 Å². The summed E-state index contributed by atoms with van der Waals surface area (Å²) >= 11 is 0. The molecular formula is C17H15NO3. The highest BCUT2D eigenvalue weighted by Gasteiger charge is 2.09. The summed E-state index contributed by atoms with van der Waals surface area (Å²) in [7, 11) is 0. The third-order valence-electron chi connectivity index (χ3n) is 3.00. The molecule has 0 bridgehead atoms. The molecule has 0 unspecified atom stereocenters. The van der Waals surface area contributed by atoms with E-state index in [1.165, 1.54) is 0 Å². The average molecular weight is 281 g/mol. The number of carboxylic acids is 1. The van der Waals surface area contributed by atoms with Crippen molar-refractivity contribution in [3.63, 3.8) is 0 Å². The van der Waals surface area contributed by atoms with Gasteiger partial charge in [0.1, 0.15) is 11.9 Å². The Bertz CT molecular complexity index is 654. The maximum Gasteiger partial charge on any atom is 0.307 e. The Morgan fingerprint density at radius 3 is 2.14 bits per heavy atom. The van der Waals surface area contributed by atoms with E-state index in [1.54, 1.807) is 19.1 Å². The van der Waals surface area contributed by atoms with E-state index >= 15 is 0 Å². The number of ether oxygens (including phenoxy) is 1. The number of aliphatic carboxylic acids is 1. The summed E-state index contributed by atoms with van der Waals surface area (Å²) in [5, 5.41) is 17.5. The van der Waals surface area contributed by atoms with Gasteiger partial charge in [0, 0.05) is 0 Å². The molecule has 0 amide bonds. The van der Waals surface area contributed by atoms with E-state index in [0.29, 0.717) is 11.3 Å². The summed E-state index contributed by atoms with van der Waals surface area (Å²) in [6, 6.07) is 16.8. The number of benzene rings is 2. The van der Waals surface area contributed by atoms with Gasteiger partial charge in [-0.25, -0.2) is 0 Å². The molecule has 0 saturated carbocycles. The molecule has 1 atom stereocenters. The Labute approximate surface area is 123 Å². The normalized spacial score (nSPS) is 11.4. The summed E-state index contributed by atoms with van der Waals surface area (Å²) < 4.78 is 5.53. The molecule has 0 aromatic heterocycles. The SMILES string of the molecule is C[C@H](CC(=O)O)Oc1ccc(-c2ccc(C#N)cc2)cc1. The van der Waals surface area contributed by atoms with Crippen LogP contribution in [0.1, 0.15) is 18.9 Å². The van der Waals surface area contributed by atoms with Crippen LogP contribution in [0.15, 0.2) is 48.5 Å². The lowest BCUT2D eigenvalue weighted by Gasteiger charge is -2.13. The van der Waals surface area contributed by atoms with Gasteiger partial charge >= 0.3 is 5.97 Å². The van der Waals surface area contributed by atoms with Crippen LogP contribution in [-0.4, -0.2) is 17.2 Å². The third-order valence-corrected chi connectivity index (χ3v) is 3.00. The maximum atomic E-state index is 10.6. The van der Waals surface area contributed by atoms with E-state index in [4.69, 9.17) is 15.1 Å². The van der Waals surface area contributed by atoms with Crippen LogP contribution in [-0.2, 0) is 4.79 Å². The summed E-state index contributed by atoms with van der Waals surface area (Å²) in [5.41, 5.74) is 2.65. The van der Waals surface area contributed by atoms with Crippen LogP contribution in [0, 0.1) is 11.3 Å². The summed E-state index contributed by atoms with van der Waals surface area (Å²) in [4.78, 5) is 10.6. The number of rotatable bonds is 5. The molecule has 0 heterocycles. The molecule has 0 fully saturated rings. The number of carbonyl (C=O) groups is 1. The first kappa shape index (κ1) is 14.6. The summed E-state index contributed by atoms with van der Waals surface area (Å²) in [5.74, 6) is -0.238. The second-order valence-electron chi connectivity index (χ2n) is 4.74. The van der Waals surface area contributed by atoms with Crippen molar-refractivity contribution in [2.24, 2.45) is 0 Å². The van der Waals surface area contributed by atoms with Crippen LogP contribution in [0.2, 0.25) is 0 Å². The third kappa shape index (κ3) is 4.08. The van der Waals surface area contributed by atoms with Gasteiger partial charge in [-0.1, -0.05) is 24.3 Å². The van der Waals surface area contributed by atoms with Crippen molar-refractivity contribution >= 4 is 5.97 Å². The quantitative estimate of drug-likeness (QED) is 0.911. The van der Waals surface area contributed by atoms with Crippen molar-refractivity contribution in [2.75, 3.05) is 0 Å². The van der Waals surface area contributed by atoms with Crippen LogP contribution < -0.4 is 4.74 Å². The van der Waals surface area contributed by atoms with E-state index in [0.717, 1.165) is 11.1 Å². The highest BCUT2D eigenvalue weighted by Crippen LogP contribution is 2.23. The maximum absolute atomic E-state index is 10.6. The lowest BCUT2D eigenvalue weighted by atomic mass is 10.0. The molecule has 4 heteroatoms. The second kappa shape index (κ2) is 6.58. The smallest absolute Gasteiger partial charge is 0.307 e. The Morgan fingerprint density at radius 1 is 1.14 bits per heavy atom. The molecule has 0 aliphatic carbocycles. The number of hydrogen-bond acceptors (Lipinski definition) is 3. The fourth-order valence-electron chi connectivity index (χ4n) is 1.98. The van der Waals surface area contributed by atoms with Gasteiger partial charge in [-0.05, 0) is 42.3 Å². The van der Waals surface area contributed by atoms with Crippen LogP contribution in [0.25, 0.3) is 11.1 Å². The highest BCUT2D eigenvalue weighted by molar-refractivity contribution is 5.67. The van der Waals surface area contributed by atoms with Gasteiger partial charge in [0.2, 0.25) is 0 Å². The first-order valence-electron chi connectivity index (χ1n) is 6.57. The monoisotopic (exact) mass is 281 g/mol. The molecule has 0 aliphatic rings. The largest absolute Gasteiger partial charge is 0.490 e. The van der Waals surface area contributed by atoms with Gasteiger partial charge < -0.3 is 9.84 Å². The molecule has 0 aliphatic heterocycles. The van der Waals surface area contributed by atoms with Gasteiger partial charge in [0.25, 0.3) is 0 Å². The van der Waals surface area contributed by atoms with Crippen molar-refractivity contribution in [2.45, 2.75) is 19.4 Å². The molecule has 106 valence electrons. The van der Waals surface area contributed by atoms with E-state index in [9.17, 15) is 4.79 Å². The van der Waals surface area contributed by atoms with Gasteiger partial charge in [0.05, 0.1) is 18.1 Å². The Balaban J connectivity index is 2.07. The summed E-state index contributed by atoms with van der Waals surface area (Å²) in [6.07, 6.45) is -0.402. The lowest BCUT2D eigenvalue weighted by Crippen LogP contribution is -2.16. The number of nitrogens with zero attached hydrogens (tertiary/aromatic N) is 1. The molecule has 0 radical (unpaired) electrons. The number of nitriles is 1. The zero-order valence-corrected chi connectivity index (χ0v) is 11.6.